The van der Waals surface area contributed by atoms with Crippen molar-refractivity contribution in [2.75, 3.05) is 4.90 Å². The Morgan fingerprint density at radius 1 is 0.317 bits per heavy atom. The van der Waals surface area contributed by atoms with Gasteiger partial charge in [-0.25, -0.2) is 0 Å². The molecule has 0 unspecified atom stereocenters. The van der Waals surface area contributed by atoms with Crippen LogP contribution < -0.4 is 4.90 Å². The van der Waals surface area contributed by atoms with Gasteiger partial charge in [-0.3, -0.25) is 0 Å². The number of rotatable bonds is 6. The molecule has 0 fully saturated rings. The smallest absolute Gasteiger partial charge is 0.137 e. The maximum Gasteiger partial charge on any atom is 0.137 e. The topological polar surface area (TPSA) is 16.4 Å². The molecule has 1 heterocycles. The fraction of sp³-hybridized carbons (Fsp3) is 0.0164. The Hall–Kier alpha value is -8.20. The summed E-state index contributed by atoms with van der Waals surface area (Å²) in [5, 5.41) is 2.16. The van der Waals surface area contributed by atoms with E-state index in [4.69, 9.17) is 4.42 Å². The second-order valence-corrected chi connectivity index (χ2v) is 16.7. The van der Waals surface area contributed by atoms with E-state index in [1.807, 2.05) is 0 Å². The highest BCUT2D eigenvalue weighted by molar-refractivity contribution is 6.15. The molecule has 0 saturated carbocycles. The van der Waals surface area contributed by atoms with E-state index >= 15 is 0 Å². The minimum Gasteiger partial charge on any atom is -0.456 e. The van der Waals surface area contributed by atoms with Crippen LogP contribution in [-0.2, 0) is 5.41 Å². The molecule has 0 aliphatic heterocycles. The SMILES string of the molecule is c1ccc(-c2ccccc2-c2c(-c3ccccc3)cccc2N(c2ccc3c(c2)C2(c4ccccc4-c4ccccc42)c2ccccc2-3)c2cccc3oc4ccccc4c23)cc1. The van der Waals surface area contributed by atoms with Gasteiger partial charge < -0.3 is 9.32 Å². The highest BCUT2D eigenvalue weighted by atomic mass is 16.3. The molecule has 294 valence electrons. The fourth-order valence-corrected chi connectivity index (χ4v) is 11.0. The van der Waals surface area contributed by atoms with Gasteiger partial charge in [0.05, 0.1) is 22.2 Å². The van der Waals surface area contributed by atoms with Crippen LogP contribution in [0.3, 0.4) is 0 Å². The van der Waals surface area contributed by atoms with Crippen molar-refractivity contribution < 1.29 is 4.42 Å². The van der Waals surface area contributed by atoms with E-state index < -0.39 is 5.41 Å². The number of hydrogen-bond donors (Lipinski definition) is 0. The van der Waals surface area contributed by atoms with E-state index in [0.29, 0.717) is 0 Å². The van der Waals surface area contributed by atoms with Gasteiger partial charge in [-0.15, -0.1) is 0 Å². The van der Waals surface area contributed by atoms with Crippen molar-refractivity contribution in [1.29, 1.82) is 0 Å². The number of benzene rings is 10. The first-order valence-corrected chi connectivity index (χ1v) is 21.8. The number of fused-ring (bicyclic) bond motifs is 13. The summed E-state index contributed by atoms with van der Waals surface area (Å²) in [7, 11) is 0. The van der Waals surface area contributed by atoms with Gasteiger partial charge in [-0.05, 0) is 109 Å². The third kappa shape index (κ3) is 5.13. The van der Waals surface area contributed by atoms with Crippen LogP contribution in [0.25, 0.3) is 77.6 Å². The Morgan fingerprint density at radius 3 is 1.46 bits per heavy atom. The Morgan fingerprint density at radius 2 is 0.794 bits per heavy atom. The van der Waals surface area contributed by atoms with Crippen LogP contribution in [0.1, 0.15) is 22.3 Å². The Kier molecular flexibility index (Phi) is 7.85. The zero-order valence-corrected chi connectivity index (χ0v) is 34.4. The summed E-state index contributed by atoms with van der Waals surface area (Å²) in [5.74, 6) is 0. The van der Waals surface area contributed by atoms with Crippen LogP contribution in [0.4, 0.5) is 17.1 Å². The molecule has 2 heteroatoms. The lowest BCUT2D eigenvalue weighted by Crippen LogP contribution is -2.26. The van der Waals surface area contributed by atoms with Crippen LogP contribution in [0.5, 0.6) is 0 Å². The average Bonchev–Trinajstić information content (AvgIpc) is 3.99. The van der Waals surface area contributed by atoms with E-state index in [9.17, 15) is 0 Å². The molecule has 0 amide bonds. The summed E-state index contributed by atoms with van der Waals surface area (Å²) >= 11 is 0. The average molecular weight is 802 g/mol. The van der Waals surface area contributed by atoms with Gasteiger partial charge in [0.1, 0.15) is 11.2 Å². The summed E-state index contributed by atoms with van der Waals surface area (Å²) in [4.78, 5) is 2.51. The van der Waals surface area contributed by atoms with E-state index in [1.165, 1.54) is 55.6 Å². The molecule has 63 heavy (non-hydrogen) atoms. The van der Waals surface area contributed by atoms with Crippen molar-refractivity contribution in [3.8, 4) is 55.6 Å². The monoisotopic (exact) mass is 801 g/mol. The predicted molar refractivity (Wildman–Crippen MR) is 261 cm³/mol. The standard InChI is InChI=1S/C61H39NO/c1-3-19-40(20-4-1)43-23-7-8-27-49(43)59-44(41-21-5-2-6-22-41)29-17-33-55(59)62(56-34-18-36-58-60(56)50-28-12-16-35-57(50)63-58)42-37-38-48-47-26-11-15-32-53(47)61(54(48)39-42)51-30-13-9-24-45(51)46-25-10-14-31-52(46)61/h1-39H. The molecule has 1 aromatic heterocycles. The molecule has 2 aliphatic rings. The second-order valence-electron chi connectivity index (χ2n) is 16.7. The van der Waals surface area contributed by atoms with Crippen molar-refractivity contribution in [2.45, 2.75) is 5.41 Å². The van der Waals surface area contributed by atoms with Gasteiger partial charge in [0, 0.05) is 16.6 Å². The Bertz CT molecular complexity index is 3520. The molecule has 2 aliphatic carbocycles. The zero-order chi connectivity index (χ0) is 41.5. The minimum absolute atomic E-state index is 0.496. The summed E-state index contributed by atoms with van der Waals surface area (Å²) in [5.41, 5.74) is 21.8. The lowest BCUT2D eigenvalue weighted by Gasteiger charge is -2.33. The first kappa shape index (κ1) is 35.5. The summed E-state index contributed by atoms with van der Waals surface area (Å²) in [6, 6.07) is 86.6. The first-order valence-electron chi connectivity index (χ1n) is 21.8. The molecule has 0 N–H and O–H groups in total. The lowest BCUT2D eigenvalue weighted by molar-refractivity contribution is 0.669. The highest BCUT2D eigenvalue weighted by Gasteiger charge is 2.51. The fourth-order valence-electron chi connectivity index (χ4n) is 11.0. The lowest BCUT2D eigenvalue weighted by atomic mass is 9.70. The zero-order valence-electron chi connectivity index (χ0n) is 34.4. The molecule has 0 radical (unpaired) electrons. The number of anilines is 3. The van der Waals surface area contributed by atoms with Gasteiger partial charge in [0.25, 0.3) is 0 Å². The molecular formula is C61H39NO. The molecule has 11 aromatic rings. The number of hydrogen-bond acceptors (Lipinski definition) is 2. The normalized spacial score (nSPS) is 12.9. The van der Waals surface area contributed by atoms with Crippen LogP contribution in [0.2, 0.25) is 0 Å². The Labute approximate surface area is 366 Å². The highest BCUT2D eigenvalue weighted by Crippen LogP contribution is 2.63. The van der Waals surface area contributed by atoms with Crippen molar-refractivity contribution in [3.05, 3.63) is 259 Å². The summed E-state index contributed by atoms with van der Waals surface area (Å²) in [6.07, 6.45) is 0. The minimum atomic E-state index is -0.496. The van der Waals surface area contributed by atoms with E-state index in [-0.39, 0.29) is 0 Å². The van der Waals surface area contributed by atoms with Gasteiger partial charge >= 0.3 is 0 Å². The second kappa shape index (κ2) is 13.9. The molecule has 0 bridgehead atoms. The third-order valence-electron chi connectivity index (χ3n) is 13.5. The molecule has 2 nitrogen and oxygen atoms in total. The molecule has 1 spiro atoms. The molecule has 13 rings (SSSR count). The van der Waals surface area contributed by atoms with Crippen LogP contribution in [-0.4, -0.2) is 0 Å². The van der Waals surface area contributed by atoms with Gasteiger partial charge in [-0.2, -0.15) is 0 Å². The van der Waals surface area contributed by atoms with Crippen molar-refractivity contribution in [1.82, 2.24) is 0 Å². The van der Waals surface area contributed by atoms with E-state index in [0.717, 1.165) is 61.3 Å². The van der Waals surface area contributed by atoms with Crippen molar-refractivity contribution in [3.63, 3.8) is 0 Å². The van der Waals surface area contributed by atoms with Crippen molar-refractivity contribution in [2.24, 2.45) is 0 Å². The first-order chi connectivity index (χ1) is 31.3. The summed E-state index contributed by atoms with van der Waals surface area (Å²) in [6.45, 7) is 0. The maximum atomic E-state index is 6.64. The van der Waals surface area contributed by atoms with E-state index in [2.05, 4.69) is 241 Å². The van der Waals surface area contributed by atoms with Gasteiger partial charge in [0.2, 0.25) is 0 Å². The predicted octanol–water partition coefficient (Wildman–Crippen LogP) is 16.4. The molecular weight excluding hydrogens is 763 g/mol. The van der Waals surface area contributed by atoms with Crippen LogP contribution >= 0.6 is 0 Å². The Balaban J connectivity index is 1.16. The summed E-state index contributed by atoms with van der Waals surface area (Å²) < 4.78 is 6.64. The molecule has 0 atom stereocenters. The quantitative estimate of drug-likeness (QED) is 0.167. The number of para-hydroxylation sites is 1. The molecule has 10 aromatic carbocycles. The molecule has 0 saturated heterocycles. The third-order valence-corrected chi connectivity index (χ3v) is 13.5. The van der Waals surface area contributed by atoms with Crippen LogP contribution in [0, 0.1) is 0 Å². The van der Waals surface area contributed by atoms with E-state index in [1.54, 1.807) is 0 Å². The number of furan rings is 1. The largest absolute Gasteiger partial charge is 0.456 e. The number of nitrogens with zero attached hydrogens (tertiary/aromatic N) is 1. The maximum absolute atomic E-state index is 6.64. The van der Waals surface area contributed by atoms with Crippen molar-refractivity contribution >= 4 is 39.0 Å². The van der Waals surface area contributed by atoms with Crippen LogP contribution in [0.15, 0.2) is 241 Å². The van der Waals surface area contributed by atoms with Gasteiger partial charge in [-0.1, -0.05) is 200 Å². The van der Waals surface area contributed by atoms with Gasteiger partial charge in [0.15, 0.2) is 0 Å².